The van der Waals surface area contributed by atoms with Crippen LogP contribution in [0.3, 0.4) is 0 Å². The number of nitrogens with two attached hydrogens (primary N) is 1. The highest BCUT2D eigenvalue weighted by Gasteiger charge is 2.28. The molecule has 1 aromatic heterocycles. The molecule has 0 bridgehead atoms. The van der Waals surface area contributed by atoms with Gasteiger partial charge < -0.3 is 10.5 Å². The van der Waals surface area contributed by atoms with E-state index in [1.165, 1.54) is 7.11 Å². The Bertz CT molecular complexity index is 451. The lowest BCUT2D eigenvalue weighted by atomic mass is 10.1. The van der Waals surface area contributed by atoms with E-state index >= 15 is 0 Å². The highest BCUT2D eigenvalue weighted by molar-refractivity contribution is 7.91. The molecule has 0 radical (unpaired) electrons. The number of ether oxygens (including phenoxy) is 1. The Morgan fingerprint density at radius 2 is 2.19 bits per heavy atom. The van der Waals surface area contributed by atoms with E-state index in [9.17, 15) is 8.42 Å². The molecule has 0 aromatic carbocycles. The van der Waals surface area contributed by atoms with Crippen molar-refractivity contribution < 1.29 is 13.2 Å². The Balaban J connectivity index is 3.04. The van der Waals surface area contributed by atoms with Crippen LogP contribution in [-0.4, -0.2) is 27.6 Å². The van der Waals surface area contributed by atoms with Crippen LogP contribution < -0.4 is 15.2 Å². The van der Waals surface area contributed by atoms with Gasteiger partial charge in [-0.05, 0) is 25.3 Å². The minimum Gasteiger partial charge on any atom is -0.494 e. The van der Waals surface area contributed by atoms with Gasteiger partial charge in [-0.1, -0.05) is 0 Å². The monoisotopic (exact) mass is 264 g/mol. The quantitative estimate of drug-likeness (QED) is 0.823. The van der Waals surface area contributed by atoms with E-state index in [1.807, 2.05) is 0 Å². The molecule has 3 N–H and O–H groups in total. The average molecular weight is 264 g/mol. The van der Waals surface area contributed by atoms with Gasteiger partial charge in [0.05, 0.1) is 7.11 Å². The third-order valence-corrected chi connectivity index (χ3v) is 5.13. The molecule has 0 aliphatic carbocycles. The number of methoxy groups -OCH3 is 1. The number of hydrogen-bond donors (Lipinski definition) is 2. The second-order valence-corrected chi connectivity index (χ2v) is 6.76. The predicted octanol–water partition coefficient (Wildman–Crippen LogP) is 0.772. The van der Waals surface area contributed by atoms with Crippen molar-refractivity contribution in [1.82, 2.24) is 4.72 Å². The molecule has 0 unspecified atom stereocenters. The minimum absolute atomic E-state index is 0.177. The molecule has 1 rings (SSSR count). The lowest BCUT2D eigenvalue weighted by Gasteiger charge is -2.23. The molecule has 0 aliphatic heterocycles. The zero-order chi connectivity index (χ0) is 12.4. The molecule has 5 nitrogen and oxygen atoms in total. The molecule has 0 saturated carbocycles. The van der Waals surface area contributed by atoms with Crippen molar-refractivity contribution in [3.05, 3.63) is 11.4 Å². The maximum atomic E-state index is 12.0. The molecule has 0 aliphatic rings. The summed E-state index contributed by atoms with van der Waals surface area (Å²) in [5, 5.41) is 1.67. The number of thiophene rings is 1. The summed E-state index contributed by atoms with van der Waals surface area (Å²) < 4.78 is 31.7. The van der Waals surface area contributed by atoms with E-state index in [0.29, 0.717) is 5.75 Å². The van der Waals surface area contributed by atoms with Crippen LogP contribution in [-0.2, 0) is 10.0 Å². The Labute approximate surface area is 99.7 Å². The molecule has 16 heavy (non-hydrogen) atoms. The van der Waals surface area contributed by atoms with Crippen LogP contribution in [0.25, 0.3) is 0 Å². The molecule has 0 fully saturated rings. The van der Waals surface area contributed by atoms with Crippen molar-refractivity contribution in [2.75, 3.05) is 13.7 Å². The summed E-state index contributed by atoms with van der Waals surface area (Å²) in [6, 6.07) is 1.62. The summed E-state index contributed by atoms with van der Waals surface area (Å²) in [6.45, 7) is 3.68. The molecule has 1 heterocycles. The first-order chi connectivity index (χ1) is 7.32. The number of nitrogens with one attached hydrogen (secondary N) is 1. The maximum absolute atomic E-state index is 12.0. The van der Waals surface area contributed by atoms with Gasteiger partial charge in [-0.3, -0.25) is 0 Å². The van der Waals surface area contributed by atoms with Crippen LogP contribution in [0.5, 0.6) is 5.75 Å². The zero-order valence-electron chi connectivity index (χ0n) is 9.48. The molecular weight excluding hydrogens is 248 g/mol. The topological polar surface area (TPSA) is 81.4 Å². The van der Waals surface area contributed by atoms with E-state index in [4.69, 9.17) is 10.5 Å². The van der Waals surface area contributed by atoms with Crippen molar-refractivity contribution in [2.24, 2.45) is 5.73 Å². The van der Waals surface area contributed by atoms with E-state index in [-0.39, 0.29) is 10.8 Å². The fourth-order valence-corrected chi connectivity index (χ4v) is 3.78. The summed E-state index contributed by atoms with van der Waals surface area (Å²) in [6.07, 6.45) is 0. The van der Waals surface area contributed by atoms with Crippen molar-refractivity contribution in [2.45, 2.75) is 23.6 Å². The minimum atomic E-state index is -3.57. The van der Waals surface area contributed by atoms with Crippen molar-refractivity contribution >= 4 is 21.4 Å². The predicted molar refractivity (Wildman–Crippen MR) is 64.3 cm³/mol. The van der Waals surface area contributed by atoms with E-state index in [1.54, 1.807) is 25.3 Å². The van der Waals surface area contributed by atoms with Gasteiger partial charge in [-0.2, -0.15) is 0 Å². The molecule has 0 atom stereocenters. The standard InChI is InChI=1S/C9H16N2O3S2/c1-9(2,6-10)11-16(12,13)8-7(14-3)4-5-15-8/h4-5,11H,6,10H2,1-3H3. The molecular formula is C9H16N2O3S2. The lowest BCUT2D eigenvalue weighted by Crippen LogP contribution is -2.48. The van der Waals surface area contributed by atoms with Gasteiger partial charge >= 0.3 is 0 Å². The third kappa shape index (κ3) is 2.94. The van der Waals surface area contributed by atoms with Crippen molar-refractivity contribution in [3.8, 4) is 5.75 Å². The van der Waals surface area contributed by atoms with Crippen LogP contribution in [0.15, 0.2) is 15.7 Å². The first-order valence-electron chi connectivity index (χ1n) is 4.68. The van der Waals surface area contributed by atoms with Gasteiger partial charge in [0.2, 0.25) is 0 Å². The van der Waals surface area contributed by atoms with Crippen molar-refractivity contribution in [1.29, 1.82) is 0 Å². The van der Waals surface area contributed by atoms with Gasteiger partial charge in [0.15, 0.2) is 4.21 Å². The molecule has 0 amide bonds. The van der Waals surface area contributed by atoms with Gasteiger partial charge in [-0.25, -0.2) is 13.1 Å². The second kappa shape index (κ2) is 4.70. The highest BCUT2D eigenvalue weighted by Crippen LogP contribution is 2.29. The number of rotatable bonds is 5. The Kier molecular flexibility index (Phi) is 3.95. The van der Waals surface area contributed by atoms with Crippen LogP contribution in [0.2, 0.25) is 0 Å². The average Bonchev–Trinajstić information content (AvgIpc) is 2.64. The summed E-state index contributed by atoms with van der Waals surface area (Å²) in [7, 11) is -2.13. The number of sulfonamides is 1. The van der Waals surface area contributed by atoms with Gasteiger partial charge in [0.1, 0.15) is 5.75 Å². The normalized spacial score (nSPS) is 12.8. The van der Waals surface area contributed by atoms with Crippen LogP contribution in [0.4, 0.5) is 0 Å². The molecule has 7 heteroatoms. The zero-order valence-corrected chi connectivity index (χ0v) is 11.1. The first kappa shape index (κ1) is 13.4. The summed E-state index contributed by atoms with van der Waals surface area (Å²) in [4.78, 5) is 0. The van der Waals surface area contributed by atoms with Gasteiger partial charge in [0, 0.05) is 12.1 Å². The molecule has 1 aromatic rings. The third-order valence-electron chi connectivity index (χ3n) is 1.98. The maximum Gasteiger partial charge on any atom is 0.254 e. The molecule has 0 saturated heterocycles. The van der Waals surface area contributed by atoms with Crippen LogP contribution in [0, 0.1) is 0 Å². The highest BCUT2D eigenvalue weighted by atomic mass is 32.2. The fraction of sp³-hybridized carbons (Fsp3) is 0.556. The van der Waals surface area contributed by atoms with Gasteiger partial charge in [0.25, 0.3) is 10.0 Å². The van der Waals surface area contributed by atoms with Crippen molar-refractivity contribution in [3.63, 3.8) is 0 Å². The smallest absolute Gasteiger partial charge is 0.254 e. The summed E-state index contributed by atoms with van der Waals surface area (Å²) >= 11 is 1.12. The largest absolute Gasteiger partial charge is 0.494 e. The molecule has 92 valence electrons. The molecule has 0 spiro atoms. The SMILES string of the molecule is COc1ccsc1S(=O)(=O)NC(C)(C)CN. The summed E-state index contributed by atoms with van der Waals surface area (Å²) in [5.41, 5.74) is 4.81. The van der Waals surface area contributed by atoms with E-state index < -0.39 is 15.6 Å². The van der Waals surface area contributed by atoms with Gasteiger partial charge in [-0.15, -0.1) is 11.3 Å². The summed E-state index contributed by atoms with van der Waals surface area (Å²) in [5.74, 6) is 0.352. The van der Waals surface area contributed by atoms with E-state index in [2.05, 4.69) is 4.72 Å². The first-order valence-corrected chi connectivity index (χ1v) is 7.04. The van der Waals surface area contributed by atoms with Crippen LogP contribution >= 0.6 is 11.3 Å². The van der Waals surface area contributed by atoms with E-state index in [0.717, 1.165) is 11.3 Å². The second-order valence-electron chi connectivity index (χ2n) is 3.97. The fourth-order valence-electron chi connectivity index (χ4n) is 1.08. The Hall–Kier alpha value is -0.630. The number of hydrogen-bond acceptors (Lipinski definition) is 5. The Morgan fingerprint density at radius 3 is 2.69 bits per heavy atom. The lowest BCUT2D eigenvalue weighted by molar-refractivity contribution is 0.404. The van der Waals surface area contributed by atoms with Crippen LogP contribution in [0.1, 0.15) is 13.8 Å². The Morgan fingerprint density at radius 1 is 1.56 bits per heavy atom.